The largest absolute Gasteiger partial charge is 0.468 e. The van der Waals surface area contributed by atoms with Gasteiger partial charge in [-0.2, -0.15) is 0 Å². The monoisotopic (exact) mass is 664 g/mol. The summed E-state index contributed by atoms with van der Waals surface area (Å²) in [4.78, 5) is 28.3. The summed E-state index contributed by atoms with van der Waals surface area (Å²) in [6.07, 6.45) is -10.4. The van der Waals surface area contributed by atoms with Crippen molar-refractivity contribution < 1.29 is 64.3 Å². The van der Waals surface area contributed by atoms with Gasteiger partial charge in [0.05, 0.1) is 25.4 Å². The van der Waals surface area contributed by atoms with Gasteiger partial charge < -0.3 is 54.7 Å². The third-order valence-corrected chi connectivity index (χ3v) is 9.55. The second kappa shape index (κ2) is 19.7. The lowest BCUT2D eigenvalue weighted by atomic mass is 9.66. The fourth-order valence-electron chi connectivity index (χ4n) is 6.55. The number of hydrogen-bond donors (Lipinski definition) is 7. The Morgan fingerprint density at radius 1 is 0.696 bits per heavy atom. The summed E-state index contributed by atoms with van der Waals surface area (Å²) in [7, 11) is 1.03. The molecule has 46 heavy (non-hydrogen) atoms. The Bertz CT molecular complexity index is 905. The first-order valence-electron chi connectivity index (χ1n) is 17.2. The predicted molar refractivity (Wildman–Crippen MR) is 166 cm³/mol. The molecule has 2 fully saturated rings. The summed E-state index contributed by atoms with van der Waals surface area (Å²) in [5.41, 5.74) is -2.62. The van der Waals surface area contributed by atoms with Crippen molar-refractivity contribution in [2.24, 2.45) is 5.41 Å². The van der Waals surface area contributed by atoms with E-state index >= 15 is 0 Å². The van der Waals surface area contributed by atoms with Gasteiger partial charge in [-0.3, -0.25) is 9.59 Å². The van der Waals surface area contributed by atoms with Gasteiger partial charge in [0.2, 0.25) is 0 Å². The molecule has 0 aromatic heterocycles. The number of Topliss-reactive ketones (excluding diaryl/α,β-unsaturated/α-hetero) is 1. The topological polar surface area (TPSA) is 213 Å². The highest BCUT2D eigenvalue weighted by Crippen LogP contribution is 2.43. The van der Waals surface area contributed by atoms with E-state index in [1.165, 1.54) is 13.8 Å². The molecule has 13 atom stereocenters. The van der Waals surface area contributed by atoms with Gasteiger partial charge >= 0.3 is 5.97 Å². The number of hydrogen-bond acceptors (Lipinski definition) is 13. The van der Waals surface area contributed by atoms with Crippen LogP contribution in [0, 0.1) is 5.41 Å². The lowest BCUT2D eigenvalue weighted by Crippen LogP contribution is -2.71. The molecule has 0 spiro atoms. The van der Waals surface area contributed by atoms with E-state index in [2.05, 4.69) is 13.8 Å². The summed E-state index contributed by atoms with van der Waals surface area (Å²) >= 11 is 0. The molecule has 2 rings (SSSR count). The molecule has 0 aromatic carbocycles. The number of carbonyl (C=O) groups excluding carboxylic acids is 2. The van der Waals surface area contributed by atoms with E-state index in [0.717, 1.165) is 58.5 Å². The molecule has 3 unspecified atom stereocenters. The summed E-state index contributed by atoms with van der Waals surface area (Å²) < 4.78 is 22.7. The molecule has 7 N–H and O–H groups in total. The Hall–Kier alpha value is -1.26. The van der Waals surface area contributed by atoms with Crippen molar-refractivity contribution in [3.05, 3.63) is 0 Å². The minimum Gasteiger partial charge on any atom is -0.468 e. The van der Waals surface area contributed by atoms with Gasteiger partial charge in [-0.25, -0.2) is 0 Å². The number of carbonyl (C=O) groups is 2. The zero-order chi connectivity index (χ0) is 34.6. The predicted octanol–water partition coefficient (Wildman–Crippen LogP) is 1.27. The van der Waals surface area contributed by atoms with Crippen LogP contribution in [-0.4, -0.2) is 128 Å². The number of methoxy groups -OCH3 is 1. The molecule has 2 saturated heterocycles. The van der Waals surface area contributed by atoms with Crippen molar-refractivity contribution in [2.45, 2.75) is 185 Å². The maximum absolute atomic E-state index is 14.4. The number of rotatable bonds is 20. The smallest absolute Gasteiger partial charge is 0.324 e. The average molecular weight is 665 g/mol. The molecular weight excluding hydrogens is 604 g/mol. The second-order valence-corrected chi connectivity index (χ2v) is 13.0. The van der Waals surface area contributed by atoms with Gasteiger partial charge in [-0.1, -0.05) is 84.5 Å². The molecular formula is C33H60O13. The molecule has 13 heteroatoms. The highest BCUT2D eigenvalue weighted by Gasteiger charge is 2.66. The number of aliphatic hydroxyl groups is 7. The number of unbranched alkanes of at least 4 members (excludes halogenated alkanes) is 9. The van der Waals surface area contributed by atoms with Crippen LogP contribution in [0.5, 0.6) is 0 Å². The van der Waals surface area contributed by atoms with Crippen LogP contribution in [0.2, 0.25) is 0 Å². The van der Waals surface area contributed by atoms with E-state index < -0.39 is 90.6 Å². The van der Waals surface area contributed by atoms with Gasteiger partial charge in [0, 0.05) is 0 Å². The first-order valence-corrected chi connectivity index (χ1v) is 17.2. The minimum absolute atomic E-state index is 0.00204. The van der Waals surface area contributed by atoms with Gasteiger partial charge in [-0.05, 0) is 26.7 Å². The standard InChI is InChI=1S/C33H60O13/c1-6-8-10-12-14-15-17-21(34)29(41)33(32(42)43-5,22(35)18-16-13-11-9-7-2)30-28(26(39)24(37)19(3)44-30)46-31-27(40)25(38)23(36)20(4)45-31/h19-28,30-31,34-40H,6-18H2,1-5H3/t19-,20-,21?,22?,23-,24-,25+,26+,27+,28+,30+,31-,33?/m0/s1. The molecule has 2 aliphatic rings. The van der Waals surface area contributed by atoms with Crippen molar-refractivity contribution >= 4 is 11.8 Å². The third kappa shape index (κ3) is 9.67. The van der Waals surface area contributed by atoms with E-state index in [4.69, 9.17) is 18.9 Å². The van der Waals surface area contributed by atoms with Crippen molar-refractivity contribution in [2.75, 3.05) is 7.11 Å². The van der Waals surface area contributed by atoms with E-state index in [0.29, 0.717) is 19.3 Å². The van der Waals surface area contributed by atoms with Crippen molar-refractivity contribution in [3.63, 3.8) is 0 Å². The second-order valence-electron chi connectivity index (χ2n) is 13.0. The molecule has 270 valence electrons. The van der Waals surface area contributed by atoms with E-state index in [1.54, 1.807) is 0 Å². The maximum Gasteiger partial charge on any atom is 0.324 e. The quantitative estimate of drug-likeness (QED) is 0.0556. The molecule has 0 radical (unpaired) electrons. The van der Waals surface area contributed by atoms with Crippen LogP contribution in [0.15, 0.2) is 0 Å². The Balaban J connectivity index is 2.57. The van der Waals surface area contributed by atoms with Gasteiger partial charge in [0.15, 0.2) is 17.5 Å². The van der Waals surface area contributed by atoms with E-state index in [1.807, 2.05) is 0 Å². The van der Waals surface area contributed by atoms with Crippen LogP contribution in [0.1, 0.15) is 111 Å². The SMILES string of the molecule is CCCCCCCCC(O)C(=O)C(C(=O)OC)(C(O)CCCCCCC)[C@@H]1O[C@@H](C)[C@H](O)[C@@H](O)[C@H]1O[C@@H]1O[C@@H](C)[C@H](O)[C@@H](O)[C@H]1O. The lowest BCUT2D eigenvalue weighted by molar-refractivity contribution is -0.343. The van der Waals surface area contributed by atoms with Crippen molar-refractivity contribution in [1.29, 1.82) is 0 Å². The first-order chi connectivity index (χ1) is 21.8. The molecule has 13 nitrogen and oxygen atoms in total. The van der Waals surface area contributed by atoms with Crippen LogP contribution in [0.3, 0.4) is 0 Å². The molecule has 0 amide bonds. The Morgan fingerprint density at radius 3 is 1.76 bits per heavy atom. The van der Waals surface area contributed by atoms with Crippen LogP contribution >= 0.6 is 0 Å². The molecule has 2 aliphatic heterocycles. The molecule has 0 bridgehead atoms. The zero-order valence-electron chi connectivity index (χ0n) is 28.2. The normalized spacial score (nSPS) is 34.4. The summed E-state index contributed by atoms with van der Waals surface area (Å²) in [5, 5.41) is 76.4. The fraction of sp³-hybridized carbons (Fsp3) is 0.939. The lowest BCUT2D eigenvalue weighted by Gasteiger charge is -2.51. The van der Waals surface area contributed by atoms with Gasteiger partial charge in [0.1, 0.15) is 48.8 Å². The molecule has 0 aromatic rings. The van der Waals surface area contributed by atoms with Crippen LogP contribution in [-0.2, 0) is 28.5 Å². The molecule has 0 saturated carbocycles. The Morgan fingerprint density at radius 2 is 1.20 bits per heavy atom. The van der Waals surface area contributed by atoms with Crippen LogP contribution < -0.4 is 0 Å². The number of aliphatic hydroxyl groups excluding tert-OH is 7. The van der Waals surface area contributed by atoms with Crippen LogP contribution in [0.4, 0.5) is 0 Å². The van der Waals surface area contributed by atoms with E-state index in [9.17, 15) is 45.3 Å². The van der Waals surface area contributed by atoms with E-state index in [-0.39, 0.29) is 12.8 Å². The number of ether oxygens (including phenoxy) is 4. The Kier molecular flexibility index (Phi) is 17.5. The van der Waals surface area contributed by atoms with Gasteiger partial charge in [-0.15, -0.1) is 0 Å². The number of esters is 1. The zero-order valence-corrected chi connectivity index (χ0v) is 28.2. The average Bonchev–Trinajstić information content (AvgIpc) is 3.04. The summed E-state index contributed by atoms with van der Waals surface area (Å²) in [5.74, 6) is -2.29. The van der Waals surface area contributed by atoms with Crippen molar-refractivity contribution in [1.82, 2.24) is 0 Å². The Labute approximate surface area is 273 Å². The van der Waals surface area contributed by atoms with Crippen molar-refractivity contribution in [3.8, 4) is 0 Å². The maximum atomic E-state index is 14.4. The molecule has 2 heterocycles. The third-order valence-electron chi connectivity index (χ3n) is 9.55. The summed E-state index contributed by atoms with van der Waals surface area (Å²) in [6.45, 7) is 6.97. The van der Waals surface area contributed by atoms with Gasteiger partial charge in [0.25, 0.3) is 0 Å². The van der Waals surface area contributed by atoms with Crippen LogP contribution in [0.25, 0.3) is 0 Å². The first kappa shape index (κ1) is 40.9. The minimum atomic E-state index is -2.62. The summed E-state index contributed by atoms with van der Waals surface area (Å²) in [6, 6.07) is 0. The highest BCUT2D eigenvalue weighted by molar-refractivity contribution is 6.07. The fourth-order valence-corrected chi connectivity index (χ4v) is 6.55. The highest BCUT2D eigenvalue weighted by atomic mass is 16.7. The number of ketones is 1. The molecule has 0 aliphatic carbocycles.